The third-order valence-corrected chi connectivity index (χ3v) is 11.7. The van der Waals surface area contributed by atoms with E-state index in [1.165, 1.54) is 35.4 Å². The van der Waals surface area contributed by atoms with Crippen LogP contribution in [-0.4, -0.2) is 111 Å². The molecule has 2 aromatic rings. The molecule has 59 heavy (non-hydrogen) atoms. The number of benzene rings is 1. The summed E-state index contributed by atoms with van der Waals surface area (Å²) in [4.78, 5) is 87.0. The van der Waals surface area contributed by atoms with Crippen molar-refractivity contribution in [3.05, 3.63) is 58.1 Å². The van der Waals surface area contributed by atoms with E-state index in [-0.39, 0.29) is 52.9 Å². The number of carboxylic acid groups (broad SMARTS) is 1. The average Bonchev–Trinajstić information content (AvgIpc) is 3.69. The first-order chi connectivity index (χ1) is 27.9. The molecule has 1 aromatic carbocycles. The van der Waals surface area contributed by atoms with Crippen LogP contribution in [-0.2, 0) is 39.9 Å². The number of alkyl halides is 1. The lowest BCUT2D eigenvalue weighted by Gasteiger charge is -2.39. The molecule has 3 amide bonds. The molecule has 4 N–H and O–H groups in total. The van der Waals surface area contributed by atoms with Crippen LogP contribution in [0.25, 0.3) is 0 Å². The first-order valence-electron chi connectivity index (χ1n) is 20.1. The predicted octanol–water partition coefficient (Wildman–Crippen LogP) is 5.46. The quantitative estimate of drug-likeness (QED) is 0.0505. The molecule has 0 bridgehead atoms. The highest BCUT2D eigenvalue weighted by molar-refractivity contribution is 7.09. The summed E-state index contributed by atoms with van der Waals surface area (Å²) in [7, 11) is 1.89. The van der Waals surface area contributed by atoms with Gasteiger partial charge in [0.25, 0.3) is 5.91 Å². The lowest BCUT2D eigenvalue weighted by molar-refractivity contribution is -0.157. The number of likely N-dealkylation sites (tertiary alicyclic amines) is 1. The van der Waals surface area contributed by atoms with Crippen LogP contribution in [0.3, 0.4) is 0 Å². The van der Waals surface area contributed by atoms with Gasteiger partial charge in [-0.05, 0) is 68.8 Å². The fourth-order valence-corrected chi connectivity index (χ4v) is 7.91. The molecule has 1 unspecified atom stereocenters. The molecule has 15 nitrogen and oxygen atoms in total. The number of nitrogens with zero attached hydrogens (tertiary/aromatic N) is 3. The molecule has 0 saturated carbocycles. The average molecular weight is 862 g/mol. The number of phenolic OH excluding ortho intramolecular Hbond substituents is 1. The van der Waals surface area contributed by atoms with Gasteiger partial charge in [0, 0.05) is 42.8 Å². The molecule has 1 aliphatic heterocycles. The Bertz CT molecular complexity index is 1750. The zero-order valence-corrected chi connectivity index (χ0v) is 36.6. The summed E-state index contributed by atoms with van der Waals surface area (Å²) >= 11 is 6.81. The summed E-state index contributed by atoms with van der Waals surface area (Å²) in [6, 6.07) is 3.70. The number of amides is 3. The molecule has 0 radical (unpaired) electrons. The minimum absolute atomic E-state index is 0.00122. The van der Waals surface area contributed by atoms with Gasteiger partial charge < -0.3 is 35.2 Å². The third kappa shape index (κ3) is 15.2. The van der Waals surface area contributed by atoms with Crippen molar-refractivity contribution in [2.75, 3.05) is 26.2 Å². The number of esters is 2. The third-order valence-electron chi connectivity index (χ3n) is 10.6. The smallest absolute Gasteiger partial charge is 0.332 e. The Kier molecular flexibility index (Phi) is 19.8. The highest BCUT2D eigenvalue weighted by Crippen LogP contribution is 2.32. The molecule has 2 heterocycles. The standard InChI is InChI=1S/C42H60ClN5O10S/c1-8-26(4)37(46-39(53)33-12-9-10-19-47(33)7)41(54)48(24-57-36(51)13-11-18-43)34(25(2)3)22-35(58-28(6)49)40-45-32(23-59-40)38(52)44-30(20-27(5)42(55)56)21-29-14-16-31(50)17-15-29/h11,13-17,23,25-27,30,33-35,37,50H,8-10,12,18-22,24H2,1-7H3,(H,44,52)(H,46,53)(H,55,56)/b13-11+/t26?,27-,30+,33+,34+,35+,37-/m0/s1. The van der Waals surface area contributed by atoms with E-state index in [9.17, 15) is 39.0 Å². The molecule has 326 valence electrons. The number of carbonyl (C=O) groups is 6. The predicted molar refractivity (Wildman–Crippen MR) is 224 cm³/mol. The Labute approximate surface area is 355 Å². The highest BCUT2D eigenvalue weighted by atomic mass is 35.5. The van der Waals surface area contributed by atoms with Gasteiger partial charge in [0.2, 0.25) is 11.8 Å². The largest absolute Gasteiger partial charge is 0.508 e. The number of carboxylic acids is 1. The summed E-state index contributed by atoms with van der Waals surface area (Å²) in [6.45, 7) is 10.6. The van der Waals surface area contributed by atoms with Crippen molar-refractivity contribution >= 4 is 58.6 Å². The maximum Gasteiger partial charge on any atom is 0.332 e. The lowest BCUT2D eigenvalue weighted by atomic mass is 9.92. The van der Waals surface area contributed by atoms with Crippen molar-refractivity contribution in [3.63, 3.8) is 0 Å². The van der Waals surface area contributed by atoms with Crippen molar-refractivity contribution in [3.8, 4) is 5.75 Å². The summed E-state index contributed by atoms with van der Waals surface area (Å²) in [5.41, 5.74) is 0.790. The number of aliphatic carboxylic acids is 1. The molecular formula is C42H60ClN5O10S. The van der Waals surface area contributed by atoms with E-state index in [1.807, 2.05) is 39.6 Å². The number of allylic oxidation sites excluding steroid dienone is 1. The molecule has 1 fully saturated rings. The maximum absolute atomic E-state index is 14.8. The second-order valence-electron chi connectivity index (χ2n) is 15.6. The van der Waals surface area contributed by atoms with Gasteiger partial charge in [-0.25, -0.2) is 9.78 Å². The van der Waals surface area contributed by atoms with Crippen molar-refractivity contribution in [1.29, 1.82) is 0 Å². The summed E-state index contributed by atoms with van der Waals surface area (Å²) < 4.78 is 11.4. The van der Waals surface area contributed by atoms with Gasteiger partial charge >= 0.3 is 17.9 Å². The monoisotopic (exact) mass is 861 g/mol. The van der Waals surface area contributed by atoms with Crippen LogP contribution in [0.4, 0.5) is 0 Å². The zero-order chi connectivity index (χ0) is 43.8. The Morgan fingerprint density at radius 3 is 2.36 bits per heavy atom. The molecule has 1 aliphatic rings. The fraction of sp³-hybridized carbons (Fsp3) is 0.595. The Morgan fingerprint density at radius 1 is 1.07 bits per heavy atom. The van der Waals surface area contributed by atoms with Crippen molar-refractivity contribution in [2.24, 2.45) is 17.8 Å². The number of piperidine rings is 1. The van der Waals surface area contributed by atoms with Crippen LogP contribution < -0.4 is 10.6 Å². The van der Waals surface area contributed by atoms with E-state index in [0.717, 1.165) is 42.4 Å². The van der Waals surface area contributed by atoms with Crippen LogP contribution in [0.15, 0.2) is 41.8 Å². The fourth-order valence-electron chi connectivity index (χ4n) is 6.98. The number of hydrogen-bond donors (Lipinski definition) is 4. The second-order valence-corrected chi connectivity index (χ2v) is 16.8. The van der Waals surface area contributed by atoms with Crippen LogP contribution in [0.5, 0.6) is 5.75 Å². The number of rotatable bonds is 22. The number of hydrogen-bond acceptors (Lipinski definition) is 12. The number of halogens is 1. The first kappa shape index (κ1) is 48.8. The van der Waals surface area contributed by atoms with Gasteiger partial charge in [0.1, 0.15) is 22.5 Å². The molecule has 0 aliphatic carbocycles. The Morgan fingerprint density at radius 2 is 1.76 bits per heavy atom. The number of aromatic hydroxyl groups is 1. The molecule has 7 atom stereocenters. The van der Waals surface area contributed by atoms with Gasteiger partial charge in [0.05, 0.1) is 12.0 Å². The second kappa shape index (κ2) is 23.9. The molecule has 17 heteroatoms. The SMILES string of the molecule is CCC(C)[C@H](NC(=O)[C@H]1CCCCN1C)C(=O)N(COC(=O)/C=C/CCl)[C@H](C[C@@H](OC(C)=O)c1nc(C(=O)N[C@@H](Cc2ccc(O)cc2)C[C@H](C)C(=O)O)cs1)C(C)C. The van der Waals surface area contributed by atoms with E-state index >= 15 is 0 Å². The molecule has 1 aromatic heterocycles. The van der Waals surface area contributed by atoms with Gasteiger partial charge in [-0.3, -0.25) is 28.9 Å². The van der Waals surface area contributed by atoms with E-state index in [1.54, 1.807) is 19.1 Å². The van der Waals surface area contributed by atoms with Crippen molar-refractivity contribution < 1.29 is 48.5 Å². The molecule has 1 saturated heterocycles. The molecule has 3 rings (SSSR count). The highest BCUT2D eigenvalue weighted by Gasteiger charge is 2.39. The van der Waals surface area contributed by atoms with Crippen molar-refractivity contribution in [1.82, 2.24) is 25.4 Å². The Hall–Kier alpha value is -4.54. The number of likely N-dealkylation sites (N-methyl/N-ethyl adjacent to an activating group) is 1. The number of thiazole rings is 1. The lowest BCUT2D eigenvalue weighted by Crippen LogP contribution is -2.59. The topological polar surface area (TPSA) is 205 Å². The number of carbonyl (C=O) groups excluding carboxylic acids is 5. The first-order valence-corrected chi connectivity index (χ1v) is 21.5. The maximum atomic E-state index is 14.8. The van der Waals surface area contributed by atoms with E-state index in [4.69, 9.17) is 21.1 Å². The van der Waals surface area contributed by atoms with E-state index in [0.29, 0.717) is 19.3 Å². The number of aromatic nitrogens is 1. The minimum atomic E-state index is -1.04. The molecular weight excluding hydrogens is 802 g/mol. The Balaban J connectivity index is 1.96. The summed E-state index contributed by atoms with van der Waals surface area (Å²) in [5, 5.41) is 27.0. The van der Waals surface area contributed by atoms with Crippen molar-refractivity contribution in [2.45, 2.75) is 117 Å². The number of nitrogens with one attached hydrogen (secondary N) is 2. The summed E-state index contributed by atoms with van der Waals surface area (Å²) in [5.74, 6) is -4.91. The summed E-state index contributed by atoms with van der Waals surface area (Å²) in [6.07, 6.45) is 5.02. The van der Waals surface area contributed by atoms with Gasteiger partial charge in [-0.15, -0.1) is 22.9 Å². The minimum Gasteiger partial charge on any atom is -0.508 e. The van der Waals surface area contributed by atoms with Gasteiger partial charge in [-0.1, -0.05) is 65.7 Å². The van der Waals surface area contributed by atoms with Gasteiger partial charge in [-0.2, -0.15) is 0 Å². The van der Waals surface area contributed by atoms with Crippen LogP contribution in [0, 0.1) is 17.8 Å². The van der Waals surface area contributed by atoms with Gasteiger partial charge in [0.15, 0.2) is 12.8 Å². The number of ether oxygens (including phenoxy) is 2. The van der Waals surface area contributed by atoms with Crippen LogP contribution >= 0.6 is 22.9 Å². The van der Waals surface area contributed by atoms with Crippen LogP contribution in [0.1, 0.15) is 107 Å². The van der Waals surface area contributed by atoms with Crippen LogP contribution in [0.2, 0.25) is 0 Å². The van der Waals surface area contributed by atoms with E-state index < -0.39 is 72.6 Å². The van der Waals surface area contributed by atoms with E-state index in [2.05, 4.69) is 15.6 Å². The molecule has 0 spiro atoms. The number of phenols is 1. The zero-order valence-electron chi connectivity index (χ0n) is 35.0. The normalized spacial score (nSPS) is 17.6.